The van der Waals surface area contributed by atoms with Crippen molar-refractivity contribution in [2.45, 2.75) is 51.7 Å². The van der Waals surface area contributed by atoms with E-state index < -0.39 is 23.5 Å². The Morgan fingerprint density at radius 1 is 1.37 bits per heavy atom. The molecule has 0 unspecified atom stereocenters. The van der Waals surface area contributed by atoms with Gasteiger partial charge in [-0.05, 0) is 33.1 Å². The number of hydrogen-bond acceptors (Lipinski definition) is 5. The van der Waals surface area contributed by atoms with Gasteiger partial charge in [-0.15, -0.1) is 0 Å². The number of carbonyl (C=O) groups excluding carboxylic acids is 2. The first kappa shape index (κ1) is 15.9. The molecule has 0 aromatic heterocycles. The van der Waals surface area contributed by atoms with Crippen molar-refractivity contribution in [3.63, 3.8) is 0 Å². The van der Waals surface area contributed by atoms with E-state index in [0.29, 0.717) is 12.3 Å². The van der Waals surface area contributed by atoms with Crippen LogP contribution < -0.4 is 5.73 Å². The first-order valence-electron chi connectivity index (χ1n) is 6.55. The molecule has 2 N–H and O–H groups in total. The van der Waals surface area contributed by atoms with Crippen molar-refractivity contribution in [3.05, 3.63) is 0 Å². The number of amides is 1. The highest BCUT2D eigenvalue weighted by Crippen LogP contribution is 2.34. The lowest BCUT2D eigenvalue weighted by atomic mass is 10.1. The lowest BCUT2D eigenvalue weighted by Crippen LogP contribution is -2.47. The van der Waals surface area contributed by atoms with Crippen LogP contribution in [0.2, 0.25) is 0 Å². The number of hydrogen-bond donors (Lipinski definition) is 1. The molecule has 110 valence electrons. The van der Waals surface area contributed by atoms with E-state index in [9.17, 15) is 9.59 Å². The molecular weight excluding hydrogens is 248 g/mol. The normalized spacial score (nSPS) is 17.3. The van der Waals surface area contributed by atoms with Crippen LogP contribution in [0.4, 0.5) is 0 Å². The first-order valence-corrected chi connectivity index (χ1v) is 6.55. The van der Waals surface area contributed by atoms with E-state index in [2.05, 4.69) is 0 Å². The summed E-state index contributed by atoms with van der Waals surface area (Å²) in [5.41, 5.74) is 4.82. The number of esters is 1. The zero-order chi connectivity index (χ0) is 14.6. The molecule has 0 spiro atoms. The van der Waals surface area contributed by atoms with E-state index >= 15 is 0 Å². The third kappa shape index (κ3) is 6.02. The van der Waals surface area contributed by atoms with Crippen molar-refractivity contribution in [2.24, 2.45) is 11.7 Å². The summed E-state index contributed by atoms with van der Waals surface area (Å²) >= 11 is 0. The quantitative estimate of drug-likeness (QED) is 0.548. The largest absolute Gasteiger partial charge is 0.459 e. The van der Waals surface area contributed by atoms with Crippen molar-refractivity contribution >= 4 is 11.9 Å². The fourth-order valence-electron chi connectivity index (χ4n) is 1.85. The molecule has 1 rings (SSSR count). The van der Waals surface area contributed by atoms with E-state index in [1.165, 1.54) is 12.2 Å². The van der Waals surface area contributed by atoms with Crippen LogP contribution in [0.1, 0.15) is 40.0 Å². The molecular formula is C13H24N2O4. The fourth-order valence-corrected chi connectivity index (χ4v) is 1.85. The Labute approximate surface area is 114 Å². The number of carbonyl (C=O) groups is 2. The van der Waals surface area contributed by atoms with E-state index in [0.717, 1.165) is 12.8 Å². The van der Waals surface area contributed by atoms with Gasteiger partial charge in [0.25, 0.3) is 0 Å². The van der Waals surface area contributed by atoms with Gasteiger partial charge in [0.05, 0.1) is 7.11 Å². The van der Waals surface area contributed by atoms with Crippen molar-refractivity contribution in [2.75, 3.05) is 13.7 Å². The predicted octanol–water partition coefficient (Wildman–Crippen LogP) is 0.845. The Bertz CT molecular complexity index is 334. The summed E-state index contributed by atoms with van der Waals surface area (Å²) in [7, 11) is 1.42. The minimum absolute atomic E-state index is 0.103. The van der Waals surface area contributed by atoms with E-state index in [-0.39, 0.29) is 6.54 Å². The summed E-state index contributed by atoms with van der Waals surface area (Å²) in [5, 5.41) is 1.31. The molecule has 0 saturated heterocycles. The summed E-state index contributed by atoms with van der Waals surface area (Å²) in [5.74, 6) is -0.400. The van der Waals surface area contributed by atoms with Crippen LogP contribution in [0.5, 0.6) is 0 Å². The van der Waals surface area contributed by atoms with Crippen LogP contribution in [0.3, 0.4) is 0 Å². The molecule has 1 fully saturated rings. The van der Waals surface area contributed by atoms with E-state index in [1.807, 2.05) is 0 Å². The van der Waals surface area contributed by atoms with Gasteiger partial charge in [-0.2, -0.15) is 5.06 Å². The third-order valence-electron chi connectivity index (χ3n) is 2.87. The zero-order valence-corrected chi connectivity index (χ0v) is 12.1. The Morgan fingerprint density at radius 2 is 1.95 bits per heavy atom. The average molecular weight is 272 g/mol. The average Bonchev–Trinajstić information content (AvgIpc) is 3.03. The smallest absolute Gasteiger partial charge is 0.323 e. The molecule has 0 heterocycles. The van der Waals surface area contributed by atoms with Gasteiger partial charge in [-0.25, -0.2) is 0 Å². The number of nitrogens with two attached hydrogens (primary N) is 1. The second-order valence-electron chi connectivity index (χ2n) is 5.94. The molecule has 0 aromatic rings. The number of nitrogens with zero attached hydrogens (tertiary/aromatic N) is 1. The third-order valence-corrected chi connectivity index (χ3v) is 2.87. The molecule has 1 aliphatic carbocycles. The maximum Gasteiger partial charge on any atom is 0.323 e. The second-order valence-corrected chi connectivity index (χ2v) is 5.94. The van der Waals surface area contributed by atoms with Crippen molar-refractivity contribution in [1.82, 2.24) is 5.06 Å². The molecule has 0 radical (unpaired) electrons. The molecule has 1 atom stereocenters. The van der Waals surface area contributed by atoms with Crippen molar-refractivity contribution in [1.29, 1.82) is 0 Å². The Balaban J connectivity index is 2.58. The Kier molecular flexibility index (Phi) is 5.31. The molecule has 1 aliphatic rings. The summed E-state index contributed by atoms with van der Waals surface area (Å²) < 4.78 is 5.21. The maximum absolute atomic E-state index is 11.8. The van der Waals surface area contributed by atoms with Gasteiger partial charge >= 0.3 is 5.97 Å². The van der Waals surface area contributed by atoms with Gasteiger partial charge in [-0.3, -0.25) is 9.59 Å². The summed E-state index contributed by atoms with van der Waals surface area (Å²) in [6.07, 6.45) is 2.84. The van der Waals surface area contributed by atoms with Crippen LogP contribution in [0, 0.1) is 5.92 Å². The van der Waals surface area contributed by atoms with Gasteiger partial charge in [0.15, 0.2) is 0 Å². The van der Waals surface area contributed by atoms with Crippen LogP contribution in [0.25, 0.3) is 0 Å². The molecule has 6 nitrogen and oxygen atoms in total. The predicted molar refractivity (Wildman–Crippen MR) is 69.9 cm³/mol. The van der Waals surface area contributed by atoms with Gasteiger partial charge in [0.2, 0.25) is 5.91 Å². The van der Waals surface area contributed by atoms with Crippen LogP contribution >= 0.6 is 0 Å². The standard InChI is InChI=1S/C13H24N2O4/c1-13(2,3)19-11(16)8-15(18-4)10(12(14)17)7-9-5-6-9/h9-10H,5-8H2,1-4H3,(H2,14,17)/t10-/m0/s1. The highest BCUT2D eigenvalue weighted by atomic mass is 16.7. The Hall–Kier alpha value is -1.14. The summed E-state index contributed by atoms with van der Waals surface area (Å²) in [6.45, 7) is 5.27. The van der Waals surface area contributed by atoms with Crippen molar-refractivity contribution in [3.8, 4) is 0 Å². The number of primary amides is 1. The highest BCUT2D eigenvalue weighted by molar-refractivity contribution is 5.81. The van der Waals surface area contributed by atoms with Crippen LogP contribution in [-0.2, 0) is 19.2 Å². The van der Waals surface area contributed by atoms with Crippen LogP contribution in [-0.4, -0.2) is 42.2 Å². The molecule has 0 bridgehead atoms. The van der Waals surface area contributed by atoms with Gasteiger partial charge in [-0.1, -0.05) is 12.8 Å². The van der Waals surface area contributed by atoms with Gasteiger partial charge < -0.3 is 15.3 Å². The number of rotatable bonds is 7. The van der Waals surface area contributed by atoms with Crippen molar-refractivity contribution < 1.29 is 19.2 Å². The molecule has 1 amide bonds. The minimum Gasteiger partial charge on any atom is -0.459 e. The minimum atomic E-state index is -0.579. The highest BCUT2D eigenvalue weighted by Gasteiger charge is 2.34. The SMILES string of the molecule is CON(CC(=O)OC(C)(C)C)[C@@H](CC1CC1)C(N)=O. The number of ether oxygens (including phenoxy) is 1. The van der Waals surface area contributed by atoms with E-state index in [1.54, 1.807) is 20.8 Å². The molecule has 0 aliphatic heterocycles. The van der Waals surface area contributed by atoms with Gasteiger partial charge in [0.1, 0.15) is 18.2 Å². The first-order chi connectivity index (χ1) is 8.73. The summed E-state index contributed by atoms with van der Waals surface area (Å²) in [4.78, 5) is 28.4. The monoisotopic (exact) mass is 272 g/mol. The Morgan fingerprint density at radius 3 is 2.32 bits per heavy atom. The zero-order valence-electron chi connectivity index (χ0n) is 12.1. The van der Waals surface area contributed by atoms with Gasteiger partial charge in [0, 0.05) is 0 Å². The fraction of sp³-hybridized carbons (Fsp3) is 0.846. The molecule has 0 aromatic carbocycles. The van der Waals surface area contributed by atoms with Crippen LogP contribution in [0.15, 0.2) is 0 Å². The number of hydroxylamine groups is 2. The molecule has 19 heavy (non-hydrogen) atoms. The topological polar surface area (TPSA) is 81.9 Å². The lowest BCUT2D eigenvalue weighted by Gasteiger charge is -2.28. The lowest BCUT2D eigenvalue weighted by molar-refractivity contribution is -0.191. The van der Waals surface area contributed by atoms with E-state index in [4.69, 9.17) is 15.3 Å². The molecule has 6 heteroatoms. The second kappa shape index (κ2) is 6.34. The summed E-state index contributed by atoms with van der Waals surface area (Å²) in [6, 6.07) is -0.579. The molecule has 1 saturated carbocycles. The maximum atomic E-state index is 11.8.